The highest BCUT2D eigenvalue weighted by Gasteiger charge is 2.24. The van der Waals surface area contributed by atoms with Gasteiger partial charge in [-0.2, -0.15) is 4.98 Å². The van der Waals surface area contributed by atoms with Gasteiger partial charge in [0, 0.05) is 11.0 Å². The Balaban J connectivity index is 2.22. The number of aromatic nitrogens is 2. The van der Waals surface area contributed by atoms with Crippen LogP contribution in [-0.4, -0.2) is 23.0 Å². The first-order chi connectivity index (χ1) is 9.81. The smallest absolute Gasteiger partial charge is 0.234 e. The van der Waals surface area contributed by atoms with Crippen LogP contribution in [-0.2, 0) is 11.2 Å². The summed E-state index contributed by atoms with van der Waals surface area (Å²) in [5, 5.41) is 3.81. The van der Waals surface area contributed by atoms with E-state index in [1.807, 2.05) is 20.8 Å². The maximum absolute atomic E-state index is 13.4. The van der Waals surface area contributed by atoms with Gasteiger partial charge >= 0.3 is 0 Å². The molecule has 1 heterocycles. The molecule has 0 N–H and O–H groups in total. The Morgan fingerprint density at radius 2 is 2.10 bits per heavy atom. The molecule has 0 aliphatic rings. The lowest BCUT2D eigenvalue weighted by Gasteiger charge is -2.14. The summed E-state index contributed by atoms with van der Waals surface area (Å²) in [7, 11) is 1.38. The van der Waals surface area contributed by atoms with Crippen LogP contribution in [0.3, 0.4) is 0 Å². The minimum atomic E-state index is -0.465. The Kier molecular flexibility index (Phi) is 4.06. The molecule has 5 nitrogen and oxygen atoms in total. The van der Waals surface area contributed by atoms with Crippen LogP contribution in [0.5, 0.6) is 5.75 Å². The van der Waals surface area contributed by atoms with Crippen LogP contribution >= 0.6 is 0 Å². The molecular weight excluding hydrogens is 275 g/mol. The topological polar surface area (TPSA) is 65.2 Å². The molecule has 0 radical (unpaired) electrons. The lowest BCUT2D eigenvalue weighted by molar-refractivity contribution is -0.125. The summed E-state index contributed by atoms with van der Waals surface area (Å²) in [6.07, 6.45) is 0.0782. The normalized spacial score (nSPS) is 11.5. The van der Waals surface area contributed by atoms with E-state index >= 15 is 0 Å². The molecule has 0 atom stereocenters. The molecule has 0 unspecified atom stereocenters. The average molecular weight is 292 g/mol. The maximum Gasteiger partial charge on any atom is 0.234 e. The summed E-state index contributed by atoms with van der Waals surface area (Å²) in [5.74, 6) is 0.185. The third-order valence-electron chi connectivity index (χ3n) is 3.03. The number of Topliss-reactive ketones (excluding diaryl/α,β-unsaturated/α-hetero) is 1. The summed E-state index contributed by atoms with van der Waals surface area (Å²) in [4.78, 5) is 16.1. The van der Waals surface area contributed by atoms with Crippen molar-refractivity contribution in [3.8, 4) is 17.1 Å². The second kappa shape index (κ2) is 5.63. The van der Waals surface area contributed by atoms with Crippen LogP contribution in [0.1, 0.15) is 26.7 Å². The van der Waals surface area contributed by atoms with Gasteiger partial charge < -0.3 is 9.26 Å². The molecule has 1 aromatic heterocycles. The average Bonchev–Trinajstić information content (AvgIpc) is 2.86. The van der Waals surface area contributed by atoms with E-state index in [9.17, 15) is 9.18 Å². The molecule has 0 spiro atoms. The van der Waals surface area contributed by atoms with Crippen molar-refractivity contribution in [2.45, 2.75) is 27.2 Å². The summed E-state index contributed by atoms with van der Waals surface area (Å²) in [6, 6.07) is 4.28. The van der Waals surface area contributed by atoms with Crippen molar-refractivity contribution in [1.82, 2.24) is 10.1 Å². The molecule has 0 fully saturated rings. The fraction of sp³-hybridized carbons (Fsp3) is 0.400. The van der Waals surface area contributed by atoms with E-state index in [1.54, 1.807) is 0 Å². The van der Waals surface area contributed by atoms with Crippen molar-refractivity contribution in [2.75, 3.05) is 7.11 Å². The highest BCUT2D eigenvalue weighted by molar-refractivity contribution is 5.85. The number of benzene rings is 1. The maximum atomic E-state index is 13.4. The highest BCUT2D eigenvalue weighted by atomic mass is 19.1. The number of methoxy groups -OCH3 is 1. The van der Waals surface area contributed by atoms with Gasteiger partial charge in [0.05, 0.1) is 13.5 Å². The highest BCUT2D eigenvalue weighted by Crippen LogP contribution is 2.25. The summed E-state index contributed by atoms with van der Waals surface area (Å²) < 4.78 is 23.3. The SMILES string of the molecule is COc1cc(-c2noc(CC(=O)C(C)(C)C)n2)ccc1F. The molecule has 21 heavy (non-hydrogen) atoms. The first kappa shape index (κ1) is 15.2. The zero-order valence-corrected chi connectivity index (χ0v) is 12.4. The van der Waals surface area contributed by atoms with Crippen molar-refractivity contribution in [3.05, 3.63) is 29.9 Å². The molecule has 2 rings (SSSR count). The number of ketones is 1. The van der Waals surface area contributed by atoms with Gasteiger partial charge in [0.15, 0.2) is 11.6 Å². The van der Waals surface area contributed by atoms with Crippen LogP contribution in [0.15, 0.2) is 22.7 Å². The molecule has 2 aromatic rings. The van der Waals surface area contributed by atoms with Crippen molar-refractivity contribution >= 4 is 5.78 Å². The van der Waals surface area contributed by atoms with Gasteiger partial charge in [-0.05, 0) is 18.2 Å². The number of nitrogens with zero attached hydrogens (tertiary/aromatic N) is 2. The third kappa shape index (κ3) is 3.45. The van der Waals surface area contributed by atoms with E-state index < -0.39 is 11.2 Å². The number of halogens is 1. The van der Waals surface area contributed by atoms with E-state index in [2.05, 4.69) is 10.1 Å². The van der Waals surface area contributed by atoms with Crippen molar-refractivity contribution in [2.24, 2.45) is 5.41 Å². The second-order valence-corrected chi connectivity index (χ2v) is 5.71. The molecule has 0 saturated carbocycles. The van der Waals surface area contributed by atoms with Gasteiger partial charge in [0.1, 0.15) is 5.78 Å². The van der Waals surface area contributed by atoms with Crippen LogP contribution in [0, 0.1) is 11.2 Å². The van der Waals surface area contributed by atoms with Gasteiger partial charge in [0.2, 0.25) is 11.7 Å². The molecule has 0 bridgehead atoms. The predicted molar refractivity (Wildman–Crippen MR) is 74.4 cm³/mol. The van der Waals surface area contributed by atoms with E-state index in [1.165, 1.54) is 25.3 Å². The Labute approximate surface area is 122 Å². The monoisotopic (exact) mass is 292 g/mol. The molecule has 6 heteroatoms. The zero-order chi connectivity index (χ0) is 15.6. The summed E-state index contributed by atoms with van der Waals surface area (Å²) in [5.41, 5.74) is 0.0970. The van der Waals surface area contributed by atoms with Gasteiger partial charge in [0.25, 0.3) is 0 Å². The minimum Gasteiger partial charge on any atom is -0.494 e. The van der Waals surface area contributed by atoms with Crippen LogP contribution in [0.25, 0.3) is 11.4 Å². The van der Waals surface area contributed by atoms with Crippen LogP contribution < -0.4 is 4.74 Å². The zero-order valence-electron chi connectivity index (χ0n) is 12.4. The first-order valence-corrected chi connectivity index (χ1v) is 6.51. The lowest BCUT2D eigenvalue weighted by atomic mass is 9.89. The fourth-order valence-corrected chi connectivity index (χ4v) is 1.65. The Morgan fingerprint density at radius 3 is 2.71 bits per heavy atom. The lowest BCUT2D eigenvalue weighted by Crippen LogP contribution is -2.22. The Morgan fingerprint density at radius 1 is 1.38 bits per heavy atom. The molecule has 0 amide bonds. The Bertz CT molecular complexity index is 659. The molecule has 0 aliphatic heterocycles. The fourth-order valence-electron chi connectivity index (χ4n) is 1.65. The number of rotatable bonds is 4. The van der Waals surface area contributed by atoms with Crippen molar-refractivity contribution in [1.29, 1.82) is 0 Å². The molecule has 112 valence electrons. The number of hydrogen-bond donors (Lipinski definition) is 0. The summed E-state index contributed by atoms with van der Waals surface area (Å²) >= 11 is 0. The third-order valence-corrected chi connectivity index (χ3v) is 3.03. The minimum absolute atomic E-state index is 0.00869. The van der Waals surface area contributed by atoms with Gasteiger partial charge in [-0.25, -0.2) is 4.39 Å². The van der Waals surface area contributed by atoms with Crippen molar-refractivity contribution < 1.29 is 18.4 Å². The Hall–Kier alpha value is -2.24. The van der Waals surface area contributed by atoms with E-state index in [0.717, 1.165) is 0 Å². The standard InChI is InChI=1S/C15H17FN2O3/c1-15(2,3)12(19)8-13-17-14(18-21-13)9-5-6-10(16)11(7-9)20-4/h5-7H,8H2,1-4H3. The largest absolute Gasteiger partial charge is 0.494 e. The summed E-state index contributed by atoms with van der Waals surface area (Å²) in [6.45, 7) is 5.49. The molecule has 0 aliphatic carbocycles. The number of ether oxygens (including phenoxy) is 1. The number of hydrogen-bond acceptors (Lipinski definition) is 5. The van der Waals surface area contributed by atoms with Crippen molar-refractivity contribution in [3.63, 3.8) is 0 Å². The predicted octanol–water partition coefficient (Wildman–Crippen LogP) is 3.04. The van der Waals surface area contributed by atoms with E-state index in [-0.39, 0.29) is 23.8 Å². The second-order valence-electron chi connectivity index (χ2n) is 5.71. The quantitative estimate of drug-likeness (QED) is 0.866. The van der Waals surface area contributed by atoms with Gasteiger partial charge in [-0.15, -0.1) is 0 Å². The molecule has 1 aromatic carbocycles. The first-order valence-electron chi connectivity index (χ1n) is 6.51. The molecular formula is C15H17FN2O3. The van der Waals surface area contributed by atoms with E-state index in [0.29, 0.717) is 11.4 Å². The van der Waals surface area contributed by atoms with E-state index in [4.69, 9.17) is 9.26 Å². The van der Waals surface area contributed by atoms with Crippen LogP contribution in [0.2, 0.25) is 0 Å². The number of carbonyl (C=O) groups excluding carboxylic acids is 1. The number of carbonyl (C=O) groups is 1. The van der Waals surface area contributed by atoms with Gasteiger partial charge in [-0.3, -0.25) is 4.79 Å². The van der Waals surface area contributed by atoms with Crippen LogP contribution in [0.4, 0.5) is 4.39 Å². The molecule has 0 saturated heterocycles. The van der Waals surface area contributed by atoms with Gasteiger partial charge in [-0.1, -0.05) is 25.9 Å².